The molecule has 140 valence electrons. The van der Waals surface area contributed by atoms with Crippen molar-refractivity contribution in [3.63, 3.8) is 0 Å². The Balaban J connectivity index is 1.49. The van der Waals surface area contributed by atoms with Crippen LogP contribution in [0, 0.1) is 13.8 Å². The molecule has 28 heavy (non-hydrogen) atoms. The summed E-state index contributed by atoms with van der Waals surface area (Å²) < 4.78 is 0. The minimum atomic E-state index is 0.714. The Morgan fingerprint density at radius 2 is 1.71 bits per heavy atom. The molecule has 0 aliphatic rings. The zero-order valence-corrected chi connectivity index (χ0v) is 16.2. The molecule has 4 rings (SSSR count). The molecule has 1 heterocycles. The Bertz CT molecular complexity index is 1130. The van der Waals surface area contributed by atoms with Gasteiger partial charge in [-0.15, -0.1) is 0 Å². The first-order chi connectivity index (χ1) is 13.6. The molecule has 0 aliphatic carbocycles. The van der Waals surface area contributed by atoms with Crippen molar-refractivity contribution in [1.82, 2.24) is 9.97 Å². The summed E-state index contributed by atoms with van der Waals surface area (Å²) in [5, 5.41) is 4.38. The molecule has 1 aromatic heterocycles. The quantitative estimate of drug-likeness (QED) is 0.478. The second-order valence-corrected chi connectivity index (χ2v) is 7.18. The second kappa shape index (κ2) is 7.69. The minimum absolute atomic E-state index is 0.714. The van der Waals surface area contributed by atoms with Crippen molar-refractivity contribution < 1.29 is 0 Å². The van der Waals surface area contributed by atoms with Gasteiger partial charge in [0.2, 0.25) is 0 Å². The lowest BCUT2D eigenvalue weighted by atomic mass is 9.98. The number of anilines is 2. The number of nitrogens with two attached hydrogens (primary N) is 1. The maximum atomic E-state index is 5.92. The largest absolute Gasteiger partial charge is 0.399 e. The van der Waals surface area contributed by atoms with Crippen molar-refractivity contribution in [2.75, 3.05) is 17.6 Å². The van der Waals surface area contributed by atoms with E-state index in [4.69, 9.17) is 5.73 Å². The highest BCUT2D eigenvalue weighted by Crippen LogP contribution is 2.24. The topological polar surface area (TPSA) is 63.8 Å². The molecular weight excluding hydrogens is 344 g/mol. The predicted octanol–water partition coefficient (Wildman–Crippen LogP) is 5.15. The van der Waals surface area contributed by atoms with Crippen molar-refractivity contribution in [3.05, 3.63) is 83.7 Å². The van der Waals surface area contributed by atoms with Gasteiger partial charge in [0.25, 0.3) is 0 Å². The molecular formula is C24H24N4. The molecule has 0 saturated heterocycles. The normalized spacial score (nSPS) is 10.9. The first-order valence-electron chi connectivity index (χ1n) is 9.51. The van der Waals surface area contributed by atoms with Crippen molar-refractivity contribution in [2.24, 2.45) is 0 Å². The van der Waals surface area contributed by atoms with Crippen LogP contribution in [-0.2, 0) is 6.42 Å². The Kier molecular flexibility index (Phi) is 4.94. The van der Waals surface area contributed by atoms with E-state index in [2.05, 4.69) is 71.6 Å². The number of nitrogens with one attached hydrogen (secondary N) is 1. The summed E-state index contributed by atoms with van der Waals surface area (Å²) in [5.41, 5.74) is 14.0. The molecule has 0 spiro atoms. The van der Waals surface area contributed by atoms with Crippen LogP contribution >= 0.6 is 0 Å². The molecule has 3 N–H and O–H groups in total. The second-order valence-electron chi connectivity index (χ2n) is 7.18. The molecule has 4 heteroatoms. The Morgan fingerprint density at radius 1 is 0.857 bits per heavy atom. The highest BCUT2D eigenvalue weighted by atomic mass is 15.0. The summed E-state index contributed by atoms with van der Waals surface area (Å²) in [4.78, 5) is 8.69. The van der Waals surface area contributed by atoms with Gasteiger partial charge in [0, 0.05) is 17.6 Å². The first-order valence-corrected chi connectivity index (χ1v) is 9.51. The molecule has 3 aromatic carbocycles. The van der Waals surface area contributed by atoms with E-state index >= 15 is 0 Å². The third-order valence-corrected chi connectivity index (χ3v) is 5.13. The zero-order chi connectivity index (χ0) is 19.5. The van der Waals surface area contributed by atoms with Crippen molar-refractivity contribution >= 4 is 22.4 Å². The van der Waals surface area contributed by atoms with Gasteiger partial charge < -0.3 is 11.1 Å². The average molecular weight is 368 g/mol. The predicted molar refractivity (Wildman–Crippen MR) is 117 cm³/mol. The number of aryl methyl sites for hydroxylation is 2. The molecule has 0 fully saturated rings. The Morgan fingerprint density at radius 3 is 2.57 bits per heavy atom. The average Bonchev–Trinajstić information content (AvgIpc) is 2.70. The number of nitrogens with zero attached hydrogens (tertiary/aromatic N) is 2. The molecule has 0 unspecified atom stereocenters. The van der Waals surface area contributed by atoms with Crippen LogP contribution in [0.15, 0.2) is 67.0 Å². The summed E-state index contributed by atoms with van der Waals surface area (Å²) in [7, 11) is 0. The molecule has 0 saturated carbocycles. The Labute approximate surface area is 165 Å². The molecule has 0 aliphatic heterocycles. The van der Waals surface area contributed by atoms with E-state index in [1.165, 1.54) is 27.8 Å². The van der Waals surface area contributed by atoms with Gasteiger partial charge in [-0.3, -0.25) is 0 Å². The van der Waals surface area contributed by atoms with Crippen LogP contribution in [0.25, 0.3) is 22.0 Å². The van der Waals surface area contributed by atoms with E-state index in [0.717, 1.165) is 29.7 Å². The van der Waals surface area contributed by atoms with E-state index < -0.39 is 0 Å². The highest BCUT2D eigenvalue weighted by Gasteiger charge is 2.05. The van der Waals surface area contributed by atoms with Gasteiger partial charge >= 0.3 is 0 Å². The van der Waals surface area contributed by atoms with Crippen LogP contribution in [0.5, 0.6) is 0 Å². The standard InChI is InChI=1S/C24H24N4/c1-16-6-7-20(12-17(16)2)19-5-3-4-18(13-19)10-11-26-24-22-14-21(25)8-9-23(22)27-15-28-24/h3-9,12-15H,10-11,25H2,1-2H3,(H,26,27,28). The van der Waals surface area contributed by atoms with Crippen molar-refractivity contribution in [1.29, 1.82) is 0 Å². The van der Waals surface area contributed by atoms with Crippen LogP contribution in [-0.4, -0.2) is 16.5 Å². The molecule has 0 atom stereocenters. The number of benzene rings is 3. The van der Waals surface area contributed by atoms with Gasteiger partial charge in [-0.2, -0.15) is 0 Å². The summed E-state index contributed by atoms with van der Waals surface area (Å²) in [6.45, 7) is 5.09. The molecule has 4 nitrogen and oxygen atoms in total. The van der Waals surface area contributed by atoms with Crippen molar-refractivity contribution in [3.8, 4) is 11.1 Å². The first kappa shape index (κ1) is 18.0. The van der Waals surface area contributed by atoms with Crippen LogP contribution < -0.4 is 11.1 Å². The minimum Gasteiger partial charge on any atom is -0.399 e. The van der Waals surface area contributed by atoms with Gasteiger partial charge in [0.1, 0.15) is 12.1 Å². The molecule has 0 radical (unpaired) electrons. The fourth-order valence-electron chi connectivity index (χ4n) is 3.37. The summed E-state index contributed by atoms with van der Waals surface area (Å²) >= 11 is 0. The number of rotatable bonds is 5. The van der Waals surface area contributed by atoms with Gasteiger partial charge in [-0.25, -0.2) is 9.97 Å². The van der Waals surface area contributed by atoms with Crippen LogP contribution in [0.3, 0.4) is 0 Å². The van der Waals surface area contributed by atoms with E-state index in [-0.39, 0.29) is 0 Å². The van der Waals surface area contributed by atoms with Crippen LogP contribution in [0.4, 0.5) is 11.5 Å². The van der Waals surface area contributed by atoms with E-state index in [1.807, 2.05) is 18.2 Å². The number of hydrogen-bond acceptors (Lipinski definition) is 4. The highest BCUT2D eigenvalue weighted by molar-refractivity contribution is 5.91. The lowest BCUT2D eigenvalue weighted by Crippen LogP contribution is -2.07. The van der Waals surface area contributed by atoms with Gasteiger partial charge in [-0.05, 0) is 66.3 Å². The maximum Gasteiger partial charge on any atom is 0.137 e. The fraction of sp³-hybridized carbons (Fsp3) is 0.167. The summed E-state index contributed by atoms with van der Waals surface area (Å²) in [5.74, 6) is 0.822. The lowest BCUT2D eigenvalue weighted by Gasteiger charge is -2.10. The SMILES string of the molecule is Cc1ccc(-c2cccc(CCNc3ncnc4ccc(N)cc34)c2)cc1C. The summed E-state index contributed by atoms with van der Waals surface area (Å²) in [6.07, 6.45) is 2.49. The van der Waals surface area contributed by atoms with Gasteiger partial charge in [0.05, 0.1) is 5.52 Å². The third kappa shape index (κ3) is 3.81. The van der Waals surface area contributed by atoms with Crippen LogP contribution in [0.2, 0.25) is 0 Å². The van der Waals surface area contributed by atoms with Gasteiger partial charge in [-0.1, -0.05) is 42.5 Å². The van der Waals surface area contributed by atoms with Crippen molar-refractivity contribution in [2.45, 2.75) is 20.3 Å². The van der Waals surface area contributed by atoms with E-state index in [9.17, 15) is 0 Å². The molecule has 0 bridgehead atoms. The summed E-state index contributed by atoms with van der Waals surface area (Å²) in [6, 6.07) is 21.1. The molecule has 0 amide bonds. The smallest absolute Gasteiger partial charge is 0.137 e. The number of nitrogen functional groups attached to an aromatic ring is 1. The van der Waals surface area contributed by atoms with Crippen LogP contribution in [0.1, 0.15) is 16.7 Å². The Hall–Kier alpha value is -3.40. The maximum absolute atomic E-state index is 5.92. The van der Waals surface area contributed by atoms with E-state index in [0.29, 0.717) is 5.69 Å². The number of hydrogen-bond donors (Lipinski definition) is 2. The number of aromatic nitrogens is 2. The third-order valence-electron chi connectivity index (χ3n) is 5.13. The fourth-order valence-corrected chi connectivity index (χ4v) is 3.37. The van der Waals surface area contributed by atoms with E-state index in [1.54, 1.807) is 6.33 Å². The lowest BCUT2D eigenvalue weighted by molar-refractivity contribution is 1.01. The zero-order valence-electron chi connectivity index (χ0n) is 16.2. The van der Waals surface area contributed by atoms with Gasteiger partial charge in [0.15, 0.2) is 0 Å². The number of fused-ring (bicyclic) bond motifs is 1. The monoisotopic (exact) mass is 368 g/mol. The molecule has 4 aromatic rings.